The van der Waals surface area contributed by atoms with Crippen molar-refractivity contribution in [2.75, 3.05) is 0 Å². The lowest BCUT2D eigenvalue weighted by atomic mass is 10.1. The van der Waals surface area contributed by atoms with E-state index >= 15 is 0 Å². The number of halogens is 2. The minimum Gasteiger partial charge on any atom is -0.487 e. The zero-order chi connectivity index (χ0) is 17.4. The lowest BCUT2D eigenvalue weighted by Crippen LogP contribution is -2.28. The van der Waals surface area contributed by atoms with E-state index in [2.05, 4.69) is 10.3 Å². The van der Waals surface area contributed by atoms with Crippen LogP contribution in [0.2, 0.25) is 0 Å². The molecule has 0 radical (unpaired) electrons. The van der Waals surface area contributed by atoms with Crippen LogP contribution >= 0.6 is 24.8 Å². The fourth-order valence-corrected chi connectivity index (χ4v) is 2.27. The first kappa shape index (κ1) is 24.2. The van der Waals surface area contributed by atoms with Crippen LogP contribution in [0.5, 0.6) is 5.75 Å². The SMILES string of the molecule is CC(N)CCC(=O)NC(C)c1cccc(OCc2ccccn2)c1.Cl.Cl. The Bertz CT molecular complexity index is 654. The summed E-state index contributed by atoms with van der Waals surface area (Å²) in [5.74, 6) is 0.773. The average molecular weight is 400 g/mol. The second kappa shape index (κ2) is 12.5. The Kier molecular flexibility index (Phi) is 11.6. The molecule has 7 heteroatoms. The van der Waals surface area contributed by atoms with Crippen molar-refractivity contribution in [3.8, 4) is 5.75 Å². The van der Waals surface area contributed by atoms with Crippen LogP contribution < -0.4 is 15.8 Å². The van der Waals surface area contributed by atoms with E-state index in [0.29, 0.717) is 19.4 Å². The summed E-state index contributed by atoms with van der Waals surface area (Å²) in [4.78, 5) is 16.2. The summed E-state index contributed by atoms with van der Waals surface area (Å²) in [6.07, 6.45) is 2.87. The molecule has 0 saturated heterocycles. The molecular formula is C19H27Cl2N3O2. The van der Waals surface area contributed by atoms with Gasteiger partial charge in [0.2, 0.25) is 5.91 Å². The number of carbonyl (C=O) groups excluding carboxylic acids is 1. The number of nitrogens with two attached hydrogens (primary N) is 1. The van der Waals surface area contributed by atoms with Crippen LogP contribution in [0.3, 0.4) is 0 Å². The standard InChI is InChI=1S/C19H25N3O2.2ClH/c1-14(20)9-10-19(23)22-15(2)16-6-5-8-18(12-16)24-13-17-7-3-4-11-21-17;;/h3-8,11-12,14-15H,9-10,13,20H2,1-2H3,(H,22,23);2*1H. The van der Waals surface area contributed by atoms with Gasteiger partial charge >= 0.3 is 0 Å². The molecule has 0 bridgehead atoms. The molecule has 144 valence electrons. The van der Waals surface area contributed by atoms with Gasteiger partial charge in [-0.05, 0) is 50.1 Å². The van der Waals surface area contributed by atoms with Gasteiger partial charge in [0.1, 0.15) is 12.4 Å². The highest BCUT2D eigenvalue weighted by Crippen LogP contribution is 2.20. The number of hydrogen-bond acceptors (Lipinski definition) is 4. The number of hydrogen-bond donors (Lipinski definition) is 2. The van der Waals surface area contributed by atoms with Crippen LogP contribution in [0.25, 0.3) is 0 Å². The predicted molar refractivity (Wildman–Crippen MR) is 109 cm³/mol. The average Bonchev–Trinajstić information content (AvgIpc) is 2.59. The third kappa shape index (κ3) is 8.52. The number of rotatable bonds is 8. The number of carbonyl (C=O) groups is 1. The van der Waals surface area contributed by atoms with Crippen molar-refractivity contribution in [3.63, 3.8) is 0 Å². The number of ether oxygens (including phenoxy) is 1. The van der Waals surface area contributed by atoms with E-state index in [1.807, 2.05) is 56.3 Å². The molecule has 2 unspecified atom stereocenters. The van der Waals surface area contributed by atoms with Gasteiger partial charge < -0.3 is 15.8 Å². The summed E-state index contributed by atoms with van der Waals surface area (Å²) < 4.78 is 5.78. The molecule has 2 rings (SSSR count). The number of benzene rings is 1. The monoisotopic (exact) mass is 399 g/mol. The Balaban J connectivity index is 0.00000312. The van der Waals surface area contributed by atoms with Gasteiger partial charge in [-0.2, -0.15) is 0 Å². The molecule has 0 spiro atoms. The molecule has 3 N–H and O–H groups in total. The minimum atomic E-state index is -0.0796. The Morgan fingerprint density at radius 3 is 2.62 bits per heavy atom. The lowest BCUT2D eigenvalue weighted by Gasteiger charge is -2.16. The summed E-state index contributed by atoms with van der Waals surface area (Å²) in [5, 5.41) is 2.99. The van der Waals surface area contributed by atoms with Crippen LogP contribution in [0.1, 0.15) is 44.0 Å². The maximum atomic E-state index is 11.9. The minimum absolute atomic E-state index is 0. The zero-order valence-corrected chi connectivity index (χ0v) is 16.7. The van der Waals surface area contributed by atoms with Crippen LogP contribution in [-0.2, 0) is 11.4 Å². The van der Waals surface area contributed by atoms with Crippen molar-refractivity contribution in [2.45, 2.75) is 45.4 Å². The van der Waals surface area contributed by atoms with Crippen molar-refractivity contribution in [2.24, 2.45) is 5.73 Å². The van der Waals surface area contributed by atoms with E-state index < -0.39 is 0 Å². The van der Waals surface area contributed by atoms with Crippen molar-refractivity contribution < 1.29 is 9.53 Å². The molecule has 26 heavy (non-hydrogen) atoms. The van der Waals surface area contributed by atoms with Crippen molar-refractivity contribution in [1.29, 1.82) is 0 Å². The van der Waals surface area contributed by atoms with E-state index in [9.17, 15) is 4.79 Å². The first-order chi connectivity index (χ1) is 11.5. The molecule has 1 aromatic heterocycles. The van der Waals surface area contributed by atoms with Crippen LogP contribution in [0.4, 0.5) is 0 Å². The largest absolute Gasteiger partial charge is 0.487 e. The Morgan fingerprint density at radius 2 is 1.96 bits per heavy atom. The maximum absolute atomic E-state index is 11.9. The van der Waals surface area contributed by atoms with Gasteiger partial charge in [-0.3, -0.25) is 9.78 Å². The van der Waals surface area contributed by atoms with E-state index in [0.717, 1.165) is 17.0 Å². The molecule has 0 aliphatic rings. The Labute approximate surface area is 167 Å². The third-order valence-electron chi connectivity index (χ3n) is 3.68. The fourth-order valence-electron chi connectivity index (χ4n) is 2.27. The predicted octanol–water partition coefficient (Wildman–Crippen LogP) is 3.81. The van der Waals surface area contributed by atoms with Crippen molar-refractivity contribution in [3.05, 3.63) is 59.9 Å². The molecule has 0 aliphatic heterocycles. The smallest absolute Gasteiger partial charge is 0.220 e. The molecule has 0 fully saturated rings. The number of aromatic nitrogens is 1. The molecule has 5 nitrogen and oxygen atoms in total. The Morgan fingerprint density at radius 1 is 1.19 bits per heavy atom. The van der Waals surface area contributed by atoms with Gasteiger partial charge in [-0.15, -0.1) is 24.8 Å². The van der Waals surface area contributed by atoms with Crippen LogP contribution in [0, 0.1) is 0 Å². The van der Waals surface area contributed by atoms with E-state index in [-0.39, 0.29) is 42.8 Å². The number of pyridine rings is 1. The fraction of sp³-hybridized carbons (Fsp3) is 0.368. The molecule has 1 aromatic carbocycles. The molecule has 0 aliphatic carbocycles. The van der Waals surface area contributed by atoms with Crippen molar-refractivity contribution in [1.82, 2.24) is 10.3 Å². The van der Waals surface area contributed by atoms with E-state index in [4.69, 9.17) is 10.5 Å². The summed E-state index contributed by atoms with van der Waals surface area (Å²) in [6.45, 7) is 4.28. The van der Waals surface area contributed by atoms with E-state index in [1.165, 1.54) is 0 Å². The summed E-state index contributed by atoms with van der Waals surface area (Å²) >= 11 is 0. The maximum Gasteiger partial charge on any atom is 0.220 e. The Hall–Kier alpha value is -1.82. The molecule has 1 heterocycles. The van der Waals surface area contributed by atoms with Gasteiger partial charge in [0.05, 0.1) is 11.7 Å². The first-order valence-corrected chi connectivity index (χ1v) is 8.22. The topological polar surface area (TPSA) is 77.2 Å². The van der Waals surface area contributed by atoms with Crippen LogP contribution in [-0.4, -0.2) is 16.9 Å². The molecule has 1 amide bonds. The molecule has 0 saturated carbocycles. The van der Waals surface area contributed by atoms with Gasteiger partial charge in [0.15, 0.2) is 0 Å². The number of amides is 1. The first-order valence-electron chi connectivity index (χ1n) is 8.22. The third-order valence-corrected chi connectivity index (χ3v) is 3.68. The van der Waals surface area contributed by atoms with Crippen LogP contribution in [0.15, 0.2) is 48.7 Å². The molecule has 2 aromatic rings. The number of nitrogens with zero attached hydrogens (tertiary/aromatic N) is 1. The second-order valence-corrected chi connectivity index (χ2v) is 5.99. The summed E-state index contributed by atoms with van der Waals surface area (Å²) in [5.41, 5.74) is 7.56. The van der Waals surface area contributed by atoms with E-state index in [1.54, 1.807) is 6.20 Å². The van der Waals surface area contributed by atoms with Gasteiger partial charge in [-0.25, -0.2) is 0 Å². The highest BCUT2D eigenvalue weighted by atomic mass is 35.5. The lowest BCUT2D eigenvalue weighted by molar-refractivity contribution is -0.121. The zero-order valence-electron chi connectivity index (χ0n) is 15.1. The normalized spacial score (nSPS) is 12.1. The molecule has 2 atom stereocenters. The van der Waals surface area contributed by atoms with Gasteiger partial charge in [0, 0.05) is 18.7 Å². The quantitative estimate of drug-likeness (QED) is 0.707. The van der Waals surface area contributed by atoms with Crippen molar-refractivity contribution >= 4 is 30.7 Å². The summed E-state index contributed by atoms with van der Waals surface area (Å²) in [6, 6.07) is 13.4. The second-order valence-electron chi connectivity index (χ2n) is 5.99. The highest BCUT2D eigenvalue weighted by molar-refractivity contribution is 5.85. The number of nitrogens with one attached hydrogen (secondary N) is 1. The molecular weight excluding hydrogens is 373 g/mol. The van der Waals surface area contributed by atoms with Gasteiger partial charge in [0.25, 0.3) is 0 Å². The summed E-state index contributed by atoms with van der Waals surface area (Å²) in [7, 11) is 0. The van der Waals surface area contributed by atoms with Gasteiger partial charge in [-0.1, -0.05) is 18.2 Å². The highest BCUT2D eigenvalue weighted by Gasteiger charge is 2.11.